The van der Waals surface area contributed by atoms with Crippen molar-refractivity contribution in [1.29, 1.82) is 0 Å². The summed E-state index contributed by atoms with van der Waals surface area (Å²) in [4.78, 5) is 24.0. The van der Waals surface area contributed by atoms with E-state index in [1.54, 1.807) is 11.4 Å². The Bertz CT molecular complexity index is 1010. The molecule has 0 radical (unpaired) electrons. The number of aryl methyl sites for hydroxylation is 1. The fraction of sp³-hybridized carbons (Fsp3) is 0.263. The summed E-state index contributed by atoms with van der Waals surface area (Å²) in [7, 11) is 0. The Morgan fingerprint density at radius 1 is 1.26 bits per heavy atom. The van der Waals surface area contributed by atoms with Gasteiger partial charge in [-0.25, -0.2) is 9.18 Å². The van der Waals surface area contributed by atoms with Gasteiger partial charge in [0.25, 0.3) is 5.91 Å². The Balaban J connectivity index is 1.82. The van der Waals surface area contributed by atoms with E-state index < -0.39 is 18.0 Å². The normalized spacial score (nSPS) is 12.3. The SMILES string of the molecule is Cc1c(C(NC(=O)Nc2csc(C(N)=O)c2)C(C)C)oc2ccc(F)cc12. The van der Waals surface area contributed by atoms with Gasteiger partial charge in [-0.15, -0.1) is 11.3 Å². The molecule has 1 unspecified atom stereocenters. The first-order valence-corrected chi connectivity index (χ1v) is 9.28. The lowest BCUT2D eigenvalue weighted by atomic mass is 9.98. The van der Waals surface area contributed by atoms with Crippen LogP contribution in [0.5, 0.6) is 0 Å². The van der Waals surface area contributed by atoms with Gasteiger partial charge >= 0.3 is 6.03 Å². The van der Waals surface area contributed by atoms with Crippen LogP contribution in [-0.4, -0.2) is 11.9 Å². The number of halogens is 1. The Morgan fingerprint density at radius 3 is 2.63 bits per heavy atom. The van der Waals surface area contributed by atoms with Crippen LogP contribution in [0, 0.1) is 18.7 Å². The topological polar surface area (TPSA) is 97.4 Å². The summed E-state index contributed by atoms with van der Waals surface area (Å²) < 4.78 is 19.4. The predicted octanol–water partition coefficient (Wildman–Crippen LogP) is 4.56. The third-order valence-corrected chi connectivity index (χ3v) is 5.22. The first-order valence-electron chi connectivity index (χ1n) is 8.40. The van der Waals surface area contributed by atoms with E-state index in [4.69, 9.17) is 10.2 Å². The van der Waals surface area contributed by atoms with Gasteiger partial charge in [-0.3, -0.25) is 4.79 Å². The highest BCUT2D eigenvalue weighted by Gasteiger charge is 2.25. The smallest absolute Gasteiger partial charge is 0.319 e. The number of amides is 3. The van der Waals surface area contributed by atoms with Crippen LogP contribution >= 0.6 is 11.3 Å². The Morgan fingerprint density at radius 2 is 2.00 bits per heavy atom. The van der Waals surface area contributed by atoms with Gasteiger partial charge in [-0.1, -0.05) is 13.8 Å². The molecular weight excluding hydrogens is 369 g/mol. The van der Waals surface area contributed by atoms with Gasteiger partial charge in [0.05, 0.1) is 16.6 Å². The lowest BCUT2D eigenvalue weighted by molar-refractivity contribution is 0.100. The van der Waals surface area contributed by atoms with Crippen LogP contribution in [0.4, 0.5) is 14.9 Å². The van der Waals surface area contributed by atoms with E-state index in [2.05, 4.69) is 10.6 Å². The number of primary amides is 1. The highest BCUT2D eigenvalue weighted by Crippen LogP contribution is 2.33. The van der Waals surface area contributed by atoms with Crippen molar-refractivity contribution in [2.45, 2.75) is 26.8 Å². The molecular formula is C19H20FN3O3S. The summed E-state index contributed by atoms with van der Waals surface area (Å²) in [5.74, 6) is -0.265. The molecule has 4 N–H and O–H groups in total. The molecule has 0 fully saturated rings. The van der Waals surface area contributed by atoms with Gasteiger partial charge in [0.1, 0.15) is 17.2 Å². The molecule has 3 amide bonds. The summed E-state index contributed by atoms with van der Waals surface area (Å²) in [6.07, 6.45) is 0. The highest BCUT2D eigenvalue weighted by atomic mass is 32.1. The molecule has 0 aliphatic heterocycles. The largest absolute Gasteiger partial charge is 0.459 e. The predicted molar refractivity (Wildman–Crippen MR) is 103 cm³/mol. The van der Waals surface area contributed by atoms with Crippen molar-refractivity contribution in [3.63, 3.8) is 0 Å². The second kappa shape index (κ2) is 7.40. The number of thiophene rings is 1. The van der Waals surface area contributed by atoms with Crippen LogP contribution in [0.25, 0.3) is 11.0 Å². The van der Waals surface area contributed by atoms with Crippen LogP contribution in [-0.2, 0) is 0 Å². The molecule has 0 bridgehead atoms. The fourth-order valence-corrected chi connectivity index (χ4v) is 3.58. The monoisotopic (exact) mass is 389 g/mol. The molecule has 0 spiro atoms. The number of anilines is 1. The van der Waals surface area contributed by atoms with Crippen LogP contribution in [0.1, 0.15) is 40.9 Å². The Kier molecular flexibility index (Phi) is 5.18. The molecule has 2 heterocycles. The molecule has 6 nitrogen and oxygen atoms in total. The average molecular weight is 389 g/mol. The van der Waals surface area contributed by atoms with Crippen LogP contribution in [0.15, 0.2) is 34.1 Å². The first kappa shape index (κ1) is 18.9. The zero-order valence-electron chi connectivity index (χ0n) is 15.1. The van der Waals surface area contributed by atoms with E-state index in [1.165, 1.54) is 18.2 Å². The molecule has 142 valence electrons. The van der Waals surface area contributed by atoms with Crippen LogP contribution < -0.4 is 16.4 Å². The number of carbonyl (C=O) groups excluding carboxylic acids is 2. The molecule has 8 heteroatoms. The van der Waals surface area contributed by atoms with E-state index in [0.29, 0.717) is 27.3 Å². The number of hydrogen-bond donors (Lipinski definition) is 3. The van der Waals surface area contributed by atoms with Crippen LogP contribution in [0.3, 0.4) is 0 Å². The number of fused-ring (bicyclic) bond motifs is 1. The Hall–Kier alpha value is -2.87. The number of nitrogens with two attached hydrogens (primary N) is 1. The zero-order chi connectivity index (χ0) is 19.7. The van der Waals surface area contributed by atoms with Gasteiger partial charge in [0, 0.05) is 16.3 Å². The third kappa shape index (κ3) is 3.95. The molecule has 3 aromatic rings. The third-order valence-electron chi connectivity index (χ3n) is 4.27. The molecule has 27 heavy (non-hydrogen) atoms. The lowest BCUT2D eigenvalue weighted by Crippen LogP contribution is -2.35. The van der Waals surface area contributed by atoms with Crippen LogP contribution in [0.2, 0.25) is 0 Å². The maximum absolute atomic E-state index is 13.5. The van der Waals surface area contributed by atoms with E-state index in [1.807, 2.05) is 20.8 Å². The molecule has 3 rings (SSSR count). The maximum atomic E-state index is 13.5. The average Bonchev–Trinajstić information content (AvgIpc) is 3.18. The number of furan rings is 1. The number of benzene rings is 1. The molecule has 0 aliphatic rings. The number of hydrogen-bond acceptors (Lipinski definition) is 4. The minimum Gasteiger partial charge on any atom is -0.459 e. The molecule has 0 saturated carbocycles. The first-order chi connectivity index (χ1) is 12.8. The van der Waals surface area contributed by atoms with E-state index in [-0.39, 0.29) is 11.7 Å². The summed E-state index contributed by atoms with van der Waals surface area (Å²) in [6, 6.07) is 5.02. The molecule has 2 aromatic heterocycles. The van der Waals surface area contributed by atoms with Gasteiger partial charge in [-0.05, 0) is 37.1 Å². The van der Waals surface area contributed by atoms with Gasteiger partial charge < -0.3 is 20.8 Å². The van der Waals surface area contributed by atoms with Crippen molar-refractivity contribution >= 4 is 39.9 Å². The number of rotatable bonds is 5. The van der Waals surface area contributed by atoms with Crippen molar-refractivity contribution < 1.29 is 18.4 Å². The summed E-state index contributed by atoms with van der Waals surface area (Å²) in [5.41, 5.74) is 7.06. The Labute approximate surface area is 159 Å². The van der Waals surface area contributed by atoms with E-state index in [9.17, 15) is 14.0 Å². The van der Waals surface area contributed by atoms with E-state index >= 15 is 0 Å². The number of nitrogens with one attached hydrogen (secondary N) is 2. The number of carbonyl (C=O) groups is 2. The van der Waals surface area contributed by atoms with Gasteiger partial charge in [0.15, 0.2) is 0 Å². The summed E-state index contributed by atoms with van der Waals surface area (Å²) in [5, 5.41) is 7.89. The summed E-state index contributed by atoms with van der Waals surface area (Å²) in [6.45, 7) is 5.75. The standard InChI is InChI=1S/C19H20FN3O3S/c1-9(2)16(17-10(3)13-6-11(20)4-5-14(13)26-17)23-19(25)22-12-7-15(18(21)24)27-8-12/h4-9,16H,1-3H3,(H2,21,24)(H2,22,23,25). The maximum Gasteiger partial charge on any atom is 0.319 e. The fourth-order valence-electron chi connectivity index (χ4n) is 2.88. The second-order valence-corrected chi connectivity index (χ2v) is 7.53. The minimum absolute atomic E-state index is 0.0310. The number of urea groups is 1. The lowest BCUT2D eigenvalue weighted by Gasteiger charge is -2.21. The van der Waals surface area contributed by atoms with Crippen molar-refractivity contribution in [2.75, 3.05) is 5.32 Å². The van der Waals surface area contributed by atoms with Gasteiger partial charge in [0.2, 0.25) is 0 Å². The second-order valence-electron chi connectivity index (χ2n) is 6.62. The van der Waals surface area contributed by atoms with Crippen molar-refractivity contribution in [3.8, 4) is 0 Å². The molecule has 0 aliphatic carbocycles. The highest BCUT2D eigenvalue weighted by molar-refractivity contribution is 7.12. The molecule has 0 saturated heterocycles. The van der Waals surface area contributed by atoms with E-state index in [0.717, 1.165) is 16.9 Å². The molecule has 1 atom stereocenters. The summed E-state index contributed by atoms with van der Waals surface area (Å²) >= 11 is 1.16. The zero-order valence-corrected chi connectivity index (χ0v) is 15.9. The van der Waals surface area contributed by atoms with Crippen molar-refractivity contribution in [3.05, 3.63) is 51.7 Å². The van der Waals surface area contributed by atoms with Crippen molar-refractivity contribution in [1.82, 2.24) is 5.32 Å². The van der Waals surface area contributed by atoms with Gasteiger partial charge in [-0.2, -0.15) is 0 Å². The quantitative estimate of drug-likeness (QED) is 0.597. The molecule has 1 aromatic carbocycles. The minimum atomic E-state index is -0.543. The van der Waals surface area contributed by atoms with Crippen molar-refractivity contribution in [2.24, 2.45) is 11.7 Å².